The van der Waals surface area contributed by atoms with Gasteiger partial charge in [-0.15, -0.1) is 0 Å². The predicted octanol–water partition coefficient (Wildman–Crippen LogP) is 6.26. The summed E-state index contributed by atoms with van der Waals surface area (Å²) in [6, 6.07) is 10.8. The fraction of sp³-hybridized carbons (Fsp3) is 0.720. The molecule has 0 aliphatic carbocycles. The second-order valence-electron chi connectivity index (χ2n) is 9.59. The molecule has 33 heavy (non-hydrogen) atoms. The Morgan fingerprint density at radius 3 is 1.94 bits per heavy atom. The minimum atomic E-state index is -2.69. The highest BCUT2D eigenvalue weighted by atomic mass is 28.4. The van der Waals surface area contributed by atoms with E-state index in [9.17, 15) is 4.79 Å². The van der Waals surface area contributed by atoms with E-state index in [1.54, 1.807) is 14.2 Å². The van der Waals surface area contributed by atoms with Crippen LogP contribution in [-0.4, -0.2) is 57.0 Å². The van der Waals surface area contributed by atoms with E-state index in [1.807, 2.05) is 30.3 Å². The Morgan fingerprint density at radius 1 is 0.939 bits per heavy atom. The van der Waals surface area contributed by atoms with E-state index in [1.165, 1.54) is 0 Å². The number of hydrogen-bond donors (Lipinski definition) is 0. The normalized spacial score (nSPS) is 12.6. The van der Waals surface area contributed by atoms with E-state index in [0.29, 0.717) is 35.8 Å². The first kappa shape index (κ1) is 29.8. The molecule has 0 fully saturated rings. The highest BCUT2D eigenvalue weighted by Crippen LogP contribution is 2.42. The fourth-order valence-corrected chi connectivity index (χ4v) is 12.1. The molecule has 1 rings (SSSR count). The number of rotatable bonds is 16. The maximum absolute atomic E-state index is 13.3. The Labute approximate surface area is 204 Å². The fourth-order valence-electron chi connectivity index (χ4n) is 4.90. The standard InChI is InChI=1S/C25H47NO5Si2/c1-10-18-30-32(28-8,29-9)19-14-17-26(24-15-12-11-13-16-24)20-25(27)31-33(21(2)3,22(4)5)23(6)7/h11-13,15-16,21-23H,10,14,17-20H2,1-9H3. The molecule has 0 spiro atoms. The molecule has 0 N–H and O–H groups in total. The number of hydrogen-bond acceptors (Lipinski definition) is 6. The summed E-state index contributed by atoms with van der Waals surface area (Å²) in [5.41, 5.74) is 2.09. The molecule has 0 amide bonds. The summed E-state index contributed by atoms with van der Waals surface area (Å²) in [6.45, 7) is 16.8. The van der Waals surface area contributed by atoms with Crippen LogP contribution >= 0.6 is 0 Å². The van der Waals surface area contributed by atoms with Crippen molar-refractivity contribution in [3.05, 3.63) is 30.3 Å². The van der Waals surface area contributed by atoms with E-state index in [-0.39, 0.29) is 12.5 Å². The van der Waals surface area contributed by atoms with Crippen LogP contribution in [-0.2, 0) is 22.5 Å². The van der Waals surface area contributed by atoms with Crippen molar-refractivity contribution in [2.45, 2.75) is 84.0 Å². The van der Waals surface area contributed by atoms with Crippen LogP contribution in [0.4, 0.5) is 5.69 Å². The van der Waals surface area contributed by atoms with Crippen LogP contribution < -0.4 is 4.90 Å². The molecule has 0 saturated heterocycles. The third-order valence-corrected chi connectivity index (χ3v) is 15.3. The molecule has 190 valence electrons. The van der Waals surface area contributed by atoms with Gasteiger partial charge in [0.1, 0.15) is 6.54 Å². The van der Waals surface area contributed by atoms with Gasteiger partial charge in [0.05, 0.1) is 0 Å². The van der Waals surface area contributed by atoms with Gasteiger partial charge >= 0.3 is 14.8 Å². The summed E-state index contributed by atoms with van der Waals surface area (Å²) in [7, 11) is -1.65. The molecule has 0 atom stereocenters. The Balaban J connectivity index is 2.99. The van der Waals surface area contributed by atoms with Crippen molar-refractivity contribution in [3.63, 3.8) is 0 Å². The van der Waals surface area contributed by atoms with Crippen molar-refractivity contribution in [1.29, 1.82) is 0 Å². The topological polar surface area (TPSA) is 57.2 Å². The molecular weight excluding hydrogens is 450 g/mol. The average molecular weight is 498 g/mol. The maximum atomic E-state index is 13.3. The third kappa shape index (κ3) is 8.21. The molecule has 8 heteroatoms. The first-order valence-corrected chi connectivity index (χ1v) is 16.4. The molecule has 0 radical (unpaired) electrons. The summed E-state index contributed by atoms with van der Waals surface area (Å²) < 4.78 is 23.8. The van der Waals surface area contributed by atoms with Gasteiger partial charge in [0.15, 0.2) is 0 Å². The Morgan fingerprint density at radius 2 is 1.48 bits per heavy atom. The van der Waals surface area contributed by atoms with Crippen LogP contribution in [0.3, 0.4) is 0 Å². The molecular formula is C25H47NO5Si2. The lowest BCUT2D eigenvalue weighted by Gasteiger charge is -2.41. The molecule has 0 aliphatic rings. The Bertz CT molecular complexity index is 659. The SMILES string of the molecule is CCCO[Si](CCCN(CC(=O)O[Si](C(C)C)(C(C)C)C(C)C)c1ccccc1)(OC)OC. The van der Waals surface area contributed by atoms with Crippen LogP contribution in [0.2, 0.25) is 22.7 Å². The van der Waals surface area contributed by atoms with Crippen molar-refractivity contribution in [2.24, 2.45) is 0 Å². The summed E-state index contributed by atoms with van der Waals surface area (Å²) >= 11 is 0. The second-order valence-corrected chi connectivity index (χ2v) is 17.9. The molecule has 0 unspecified atom stereocenters. The minimum Gasteiger partial charge on any atom is -0.517 e. The van der Waals surface area contributed by atoms with Crippen LogP contribution in [0.25, 0.3) is 0 Å². The van der Waals surface area contributed by atoms with Gasteiger partial charge in [-0.05, 0) is 41.6 Å². The van der Waals surface area contributed by atoms with E-state index in [4.69, 9.17) is 17.7 Å². The number of carbonyl (C=O) groups excluding carboxylic acids is 1. The summed E-state index contributed by atoms with van der Waals surface area (Å²) in [6.07, 6.45) is 1.71. The third-order valence-electron chi connectivity index (χ3n) is 6.50. The van der Waals surface area contributed by atoms with Gasteiger partial charge in [-0.1, -0.05) is 66.7 Å². The number of benzene rings is 1. The quantitative estimate of drug-likeness (QED) is 0.251. The predicted molar refractivity (Wildman–Crippen MR) is 141 cm³/mol. The van der Waals surface area contributed by atoms with Gasteiger partial charge in [0.2, 0.25) is 0 Å². The number of carbonyl (C=O) groups is 1. The molecule has 0 bridgehead atoms. The van der Waals surface area contributed by atoms with Crippen molar-refractivity contribution < 1.29 is 22.5 Å². The summed E-state index contributed by atoms with van der Waals surface area (Å²) in [4.78, 5) is 15.4. The maximum Gasteiger partial charge on any atom is 0.500 e. The van der Waals surface area contributed by atoms with Crippen molar-refractivity contribution in [1.82, 2.24) is 0 Å². The lowest BCUT2D eigenvalue weighted by Crippen LogP contribution is -2.51. The molecule has 0 heterocycles. The number of para-hydroxylation sites is 1. The number of nitrogens with zero attached hydrogens (tertiary/aromatic N) is 1. The first-order chi connectivity index (χ1) is 15.6. The summed E-state index contributed by atoms with van der Waals surface area (Å²) in [5, 5.41) is 0. The van der Waals surface area contributed by atoms with Gasteiger partial charge in [0.25, 0.3) is 8.32 Å². The van der Waals surface area contributed by atoms with Gasteiger partial charge in [0, 0.05) is 39.1 Å². The van der Waals surface area contributed by atoms with Crippen molar-refractivity contribution in [2.75, 3.05) is 38.8 Å². The highest BCUT2D eigenvalue weighted by Gasteiger charge is 2.48. The molecule has 6 nitrogen and oxygen atoms in total. The Kier molecular flexibility index (Phi) is 12.9. The smallest absolute Gasteiger partial charge is 0.500 e. The van der Waals surface area contributed by atoms with E-state index in [2.05, 4.69) is 53.4 Å². The molecule has 0 aliphatic heterocycles. The van der Waals surface area contributed by atoms with Gasteiger partial charge in [-0.3, -0.25) is 4.79 Å². The molecule has 1 aromatic rings. The first-order valence-electron chi connectivity index (χ1n) is 12.3. The lowest BCUT2D eigenvalue weighted by atomic mass is 10.2. The largest absolute Gasteiger partial charge is 0.517 e. The number of anilines is 1. The van der Waals surface area contributed by atoms with Crippen molar-refractivity contribution >= 4 is 28.8 Å². The molecule has 0 aromatic heterocycles. The van der Waals surface area contributed by atoms with Crippen LogP contribution in [0.5, 0.6) is 0 Å². The van der Waals surface area contributed by atoms with Crippen molar-refractivity contribution in [3.8, 4) is 0 Å². The average Bonchev–Trinajstić information content (AvgIpc) is 2.79. The monoisotopic (exact) mass is 497 g/mol. The van der Waals surface area contributed by atoms with Gasteiger partial charge < -0.3 is 22.6 Å². The molecule has 0 saturated carbocycles. The minimum absolute atomic E-state index is 0.133. The van der Waals surface area contributed by atoms with Gasteiger partial charge in [-0.25, -0.2) is 0 Å². The van der Waals surface area contributed by atoms with Crippen LogP contribution in [0.15, 0.2) is 30.3 Å². The van der Waals surface area contributed by atoms with Crippen LogP contribution in [0.1, 0.15) is 61.3 Å². The zero-order valence-electron chi connectivity index (χ0n) is 22.3. The van der Waals surface area contributed by atoms with E-state index in [0.717, 1.165) is 18.5 Å². The lowest BCUT2D eigenvalue weighted by molar-refractivity contribution is -0.134. The summed E-state index contributed by atoms with van der Waals surface area (Å²) in [5.74, 6) is -0.133. The molecule has 1 aromatic carbocycles. The van der Waals surface area contributed by atoms with E-state index < -0.39 is 17.1 Å². The Hall–Kier alpha value is -1.20. The zero-order valence-corrected chi connectivity index (χ0v) is 24.3. The van der Waals surface area contributed by atoms with E-state index >= 15 is 0 Å². The highest BCUT2D eigenvalue weighted by molar-refractivity contribution is 6.78. The van der Waals surface area contributed by atoms with Crippen LogP contribution in [0, 0.1) is 0 Å². The van der Waals surface area contributed by atoms with Gasteiger partial charge in [-0.2, -0.15) is 0 Å². The zero-order chi connectivity index (χ0) is 25.1. The second kappa shape index (κ2) is 14.3.